The number of nitrogens with zero attached hydrogens (tertiary/aromatic N) is 1. The number of benzene rings is 1. The standard InChI is InChI=1S/C14H20F3N/c1-4-9-18(11(2)3)10-12-5-7-13(8-6-12)14(15,16)17/h5-8,11H,4,9-10H2,1-3H3. The molecule has 0 aliphatic carbocycles. The molecular weight excluding hydrogens is 239 g/mol. The van der Waals surface area contributed by atoms with Crippen LogP contribution < -0.4 is 0 Å². The molecule has 0 heterocycles. The van der Waals surface area contributed by atoms with E-state index < -0.39 is 11.7 Å². The first kappa shape index (κ1) is 15.0. The normalized spacial score (nSPS) is 12.4. The highest BCUT2D eigenvalue weighted by Crippen LogP contribution is 2.29. The van der Waals surface area contributed by atoms with E-state index in [-0.39, 0.29) is 0 Å². The van der Waals surface area contributed by atoms with Gasteiger partial charge < -0.3 is 0 Å². The number of rotatable bonds is 5. The molecule has 1 aromatic rings. The minimum atomic E-state index is -4.25. The van der Waals surface area contributed by atoms with Crippen molar-refractivity contribution in [1.82, 2.24) is 4.90 Å². The van der Waals surface area contributed by atoms with E-state index in [0.29, 0.717) is 12.6 Å². The van der Waals surface area contributed by atoms with Gasteiger partial charge in [0, 0.05) is 12.6 Å². The summed E-state index contributed by atoms with van der Waals surface area (Å²) in [6.07, 6.45) is -3.21. The topological polar surface area (TPSA) is 3.24 Å². The smallest absolute Gasteiger partial charge is 0.297 e. The largest absolute Gasteiger partial charge is 0.416 e. The average molecular weight is 259 g/mol. The molecule has 0 aromatic heterocycles. The second kappa shape index (κ2) is 6.23. The molecule has 0 saturated carbocycles. The second-order valence-electron chi connectivity index (χ2n) is 4.76. The van der Waals surface area contributed by atoms with Crippen molar-refractivity contribution in [3.8, 4) is 0 Å². The van der Waals surface area contributed by atoms with Crippen LogP contribution >= 0.6 is 0 Å². The Morgan fingerprint density at radius 2 is 1.67 bits per heavy atom. The Morgan fingerprint density at radius 3 is 2.06 bits per heavy atom. The molecule has 1 nitrogen and oxygen atoms in total. The van der Waals surface area contributed by atoms with Crippen LogP contribution in [0.1, 0.15) is 38.3 Å². The molecule has 0 radical (unpaired) electrons. The first-order valence-electron chi connectivity index (χ1n) is 6.24. The predicted octanol–water partition coefficient (Wildman–Crippen LogP) is 4.33. The summed E-state index contributed by atoms with van der Waals surface area (Å²) < 4.78 is 37.3. The van der Waals surface area contributed by atoms with E-state index in [1.807, 2.05) is 0 Å². The van der Waals surface area contributed by atoms with E-state index in [0.717, 1.165) is 30.7 Å². The van der Waals surface area contributed by atoms with Gasteiger partial charge in [0.05, 0.1) is 5.56 Å². The van der Waals surface area contributed by atoms with Crippen LogP contribution in [0.5, 0.6) is 0 Å². The minimum absolute atomic E-state index is 0.396. The van der Waals surface area contributed by atoms with E-state index in [1.54, 1.807) is 12.1 Å². The lowest BCUT2D eigenvalue weighted by molar-refractivity contribution is -0.137. The van der Waals surface area contributed by atoms with Crippen LogP contribution in [0.3, 0.4) is 0 Å². The zero-order valence-corrected chi connectivity index (χ0v) is 11.1. The number of hydrogen-bond acceptors (Lipinski definition) is 1. The Morgan fingerprint density at radius 1 is 1.11 bits per heavy atom. The summed E-state index contributed by atoms with van der Waals surface area (Å²) >= 11 is 0. The molecule has 0 unspecified atom stereocenters. The van der Waals surface area contributed by atoms with Crippen LogP contribution in [0, 0.1) is 0 Å². The fraction of sp³-hybridized carbons (Fsp3) is 0.571. The van der Waals surface area contributed by atoms with Crippen molar-refractivity contribution in [1.29, 1.82) is 0 Å². The van der Waals surface area contributed by atoms with Crippen LogP contribution in [0.2, 0.25) is 0 Å². The maximum Gasteiger partial charge on any atom is 0.416 e. The molecule has 0 N–H and O–H groups in total. The molecule has 0 atom stereocenters. The third kappa shape index (κ3) is 4.33. The monoisotopic (exact) mass is 259 g/mol. The Hall–Kier alpha value is -1.03. The van der Waals surface area contributed by atoms with Gasteiger partial charge in [0.2, 0.25) is 0 Å². The van der Waals surface area contributed by atoms with Crippen LogP contribution in [-0.4, -0.2) is 17.5 Å². The molecule has 18 heavy (non-hydrogen) atoms. The summed E-state index contributed by atoms with van der Waals surface area (Å²) in [5.74, 6) is 0. The van der Waals surface area contributed by atoms with Gasteiger partial charge in [-0.2, -0.15) is 13.2 Å². The number of alkyl halides is 3. The third-order valence-electron chi connectivity index (χ3n) is 2.91. The maximum atomic E-state index is 12.4. The summed E-state index contributed by atoms with van der Waals surface area (Å²) in [4.78, 5) is 2.25. The Balaban J connectivity index is 2.73. The first-order chi connectivity index (χ1) is 8.34. The average Bonchev–Trinajstić information content (AvgIpc) is 2.28. The van der Waals surface area contributed by atoms with Gasteiger partial charge >= 0.3 is 6.18 Å². The van der Waals surface area contributed by atoms with Gasteiger partial charge in [0.15, 0.2) is 0 Å². The van der Waals surface area contributed by atoms with Crippen molar-refractivity contribution in [2.45, 2.75) is 46.0 Å². The molecule has 0 saturated heterocycles. The Kier molecular flexibility index (Phi) is 5.20. The molecule has 0 aliphatic rings. The van der Waals surface area contributed by atoms with E-state index in [4.69, 9.17) is 0 Å². The van der Waals surface area contributed by atoms with Crippen molar-refractivity contribution < 1.29 is 13.2 Å². The molecule has 0 bridgehead atoms. The second-order valence-corrected chi connectivity index (χ2v) is 4.76. The van der Waals surface area contributed by atoms with Gasteiger partial charge in [-0.1, -0.05) is 19.1 Å². The van der Waals surface area contributed by atoms with Gasteiger partial charge in [-0.15, -0.1) is 0 Å². The van der Waals surface area contributed by atoms with E-state index >= 15 is 0 Å². The van der Waals surface area contributed by atoms with Gasteiger partial charge in [-0.05, 0) is 44.5 Å². The molecule has 4 heteroatoms. The van der Waals surface area contributed by atoms with Crippen LogP contribution in [0.4, 0.5) is 13.2 Å². The highest BCUT2D eigenvalue weighted by atomic mass is 19.4. The highest BCUT2D eigenvalue weighted by molar-refractivity contribution is 5.24. The van der Waals surface area contributed by atoms with Crippen LogP contribution in [0.15, 0.2) is 24.3 Å². The Bertz CT molecular complexity index is 354. The lowest BCUT2D eigenvalue weighted by atomic mass is 10.1. The minimum Gasteiger partial charge on any atom is -0.297 e. The number of halogens is 3. The predicted molar refractivity (Wildman–Crippen MR) is 67.3 cm³/mol. The lowest BCUT2D eigenvalue weighted by Crippen LogP contribution is -2.31. The molecule has 1 aromatic carbocycles. The molecule has 1 rings (SSSR count). The summed E-state index contributed by atoms with van der Waals surface area (Å²) in [6.45, 7) is 7.95. The molecule has 102 valence electrons. The van der Waals surface area contributed by atoms with Crippen molar-refractivity contribution >= 4 is 0 Å². The summed E-state index contributed by atoms with van der Waals surface area (Å²) in [6, 6.07) is 5.83. The van der Waals surface area contributed by atoms with E-state index in [2.05, 4.69) is 25.7 Å². The van der Waals surface area contributed by atoms with E-state index in [1.165, 1.54) is 0 Å². The van der Waals surface area contributed by atoms with Gasteiger partial charge in [0.25, 0.3) is 0 Å². The van der Waals surface area contributed by atoms with E-state index in [9.17, 15) is 13.2 Å². The van der Waals surface area contributed by atoms with Crippen LogP contribution in [0.25, 0.3) is 0 Å². The van der Waals surface area contributed by atoms with Crippen molar-refractivity contribution in [2.24, 2.45) is 0 Å². The van der Waals surface area contributed by atoms with Gasteiger partial charge in [-0.25, -0.2) is 0 Å². The SMILES string of the molecule is CCCN(Cc1ccc(C(F)(F)F)cc1)C(C)C. The van der Waals surface area contributed by atoms with Crippen molar-refractivity contribution in [3.63, 3.8) is 0 Å². The maximum absolute atomic E-state index is 12.4. The summed E-state index contributed by atoms with van der Waals surface area (Å²) in [7, 11) is 0. The van der Waals surface area contributed by atoms with Crippen molar-refractivity contribution in [2.75, 3.05) is 6.54 Å². The zero-order chi connectivity index (χ0) is 13.8. The molecule has 0 spiro atoms. The lowest BCUT2D eigenvalue weighted by Gasteiger charge is -2.26. The zero-order valence-electron chi connectivity index (χ0n) is 11.1. The number of hydrogen-bond donors (Lipinski definition) is 0. The molecule has 0 aliphatic heterocycles. The first-order valence-corrected chi connectivity index (χ1v) is 6.24. The fourth-order valence-electron chi connectivity index (χ4n) is 1.84. The van der Waals surface area contributed by atoms with Crippen LogP contribution in [-0.2, 0) is 12.7 Å². The summed E-state index contributed by atoms with van der Waals surface area (Å²) in [5, 5.41) is 0. The van der Waals surface area contributed by atoms with Crippen molar-refractivity contribution in [3.05, 3.63) is 35.4 Å². The van der Waals surface area contributed by atoms with Gasteiger partial charge in [0.1, 0.15) is 0 Å². The highest BCUT2D eigenvalue weighted by Gasteiger charge is 2.29. The molecule has 0 amide bonds. The fourth-order valence-corrected chi connectivity index (χ4v) is 1.84. The summed E-state index contributed by atoms with van der Waals surface area (Å²) in [5.41, 5.74) is 0.336. The molecular formula is C14H20F3N. The Labute approximate surface area is 107 Å². The molecule has 0 fully saturated rings. The third-order valence-corrected chi connectivity index (χ3v) is 2.91. The quantitative estimate of drug-likeness (QED) is 0.761. The van der Waals surface area contributed by atoms with Gasteiger partial charge in [-0.3, -0.25) is 4.90 Å².